The molecule has 15 heavy (non-hydrogen) atoms. The Morgan fingerprint density at radius 3 is 2.40 bits per heavy atom. The van der Waals surface area contributed by atoms with Crippen LogP contribution in [0.3, 0.4) is 0 Å². The first-order valence-electron chi connectivity index (χ1n) is 4.95. The third-order valence-corrected chi connectivity index (χ3v) is 2.92. The minimum atomic E-state index is -0.638. The van der Waals surface area contributed by atoms with Gasteiger partial charge in [0.15, 0.2) is 0 Å². The van der Waals surface area contributed by atoms with E-state index >= 15 is 0 Å². The van der Waals surface area contributed by atoms with Crippen LogP contribution in [0, 0.1) is 0 Å². The molecule has 0 aromatic heterocycles. The number of hydrogen-bond acceptors (Lipinski definition) is 2. The molecule has 1 aliphatic rings. The second-order valence-electron chi connectivity index (χ2n) is 3.92. The van der Waals surface area contributed by atoms with Crippen LogP contribution in [-0.4, -0.2) is 18.0 Å². The number of halogens is 2. The minimum Gasteiger partial charge on any atom is -0.350 e. The van der Waals surface area contributed by atoms with Crippen LogP contribution in [0.4, 0.5) is 0 Å². The smallest absolute Gasteiger partial charge is 0.240 e. The monoisotopic (exact) mass is 296 g/mol. The second kappa shape index (κ2) is 6.51. The molecule has 0 aromatic rings. The first-order valence-corrected chi connectivity index (χ1v) is 5.74. The van der Waals surface area contributed by atoms with Crippen LogP contribution in [0.5, 0.6) is 0 Å². The molecule has 1 fully saturated rings. The van der Waals surface area contributed by atoms with E-state index < -0.39 is 5.54 Å². The van der Waals surface area contributed by atoms with Gasteiger partial charge in [0.25, 0.3) is 0 Å². The van der Waals surface area contributed by atoms with Crippen molar-refractivity contribution in [1.82, 2.24) is 5.32 Å². The van der Waals surface area contributed by atoms with E-state index in [1.165, 1.54) is 6.42 Å². The Labute approximate surface area is 105 Å². The number of carbonyl (C=O) groups is 1. The maximum Gasteiger partial charge on any atom is 0.240 e. The fraction of sp³-hybridized carbons (Fsp3) is 0.700. The Hall–Kier alpha value is -0.0600. The molecule has 3 N–H and O–H groups in total. The molecule has 1 saturated carbocycles. The van der Waals surface area contributed by atoms with Crippen LogP contribution in [-0.2, 0) is 4.79 Å². The summed E-state index contributed by atoms with van der Waals surface area (Å²) in [5, 5.41) is 2.78. The van der Waals surface area contributed by atoms with Crippen LogP contribution in [0.15, 0.2) is 11.1 Å². The zero-order valence-corrected chi connectivity index (χ0v) is 11.1. The van der Waals surface area contributed by atoms with Crippen molar-refractivity contribution in [2.24, 2.45) is 5.73 Å². The van der Waals surface area contributed by atoms with Crippen molar-refractivity contribution in [3.05, 3.63) is 11.1 Å². The van der Waals surface area contributed by atoms with Crippen LogP contribution in [0.1, 0.15) is 32.1 Å². The molecule has 1 amide bonds. The topological polar surface area (TPSA) is 55.1 Å². The van der Waals surface area contributed by atoms with Gasteiger partial charge >= 0.3 is 0 Å². The van der Waals surface area contributed by atoms with E-state index in [0.717, 1.165) is 30.2 Å². The number of nitrogens with two attached hydrogens (primary N) is 1. The summed E-state index contributed by atoms with van der Waals surface area (Å²) >= 11 is 3.19. The van der Waals surface area contributed by atoms with Gasteiger partial charge in [-0.25, -0.2) is 0 Å². The van der Waals surface area contributed by atoms with Gasteiger partial charge in [-0.1, -0.05) is 41.8 Å². The van der Waals surface area contributed by atoms with Crippen molar-refractivity contribution in [2.75, 3.05) is 6.54 Å². The average molecular weight is 298 g/mol. The summed E-state index contributed by atoms with van der Waals surface area (Å²) in [6.07, 6.45) is 4.90. The lowest BCUT2D eigenvalue weighted by molar-refractivity contribution is -0.127. The minimum absolute atomic E-state index is 0. The summed E-state index contributed by atoms with van der Waals surface area (Å²) in [4.78, 5) is 11.7. The molecule has 0 unspecified atom stereocenters. The molecule has 88 valence electrons. The third kappa shape index (κ3) is 4.53. The highest BCUT2D eigenvalue weighted by molar-refractivity contribution is 9.11. The SMILES string of the molecule is C=C(Br)CNC(=O)C1(N)CCCCC1.Cl. The van der Waals surface area contributed by atoms with Gasteiger partial charge in [0.1, 0.15) is 0 Å². The molecule has 3 nitrogen and oxygen atoms in total. The van der Waals surface area contributed by atoms with Crippen molar-refractivity contribution in [1.29, 1.82) is 0 Å². The van der Waals surface area contributed by atoms with Gasteiger partial charge in [-0.15, -0.1) is 12.4 Å². The Balaban J connectivity index is 0.00000196. The third-order valence-electron chi connectivity index (χ3n) is 2.64. The van der Waals surface area contributed by atoms with Crippen molar-refractivity contribution in [3.63, 3.8) is 0 Å². The van der Waals surface area contributed by atoms with E-state index in [1.807, 2.05) is 0 Å². The fourth-order valence-corrected chi connectivity index (χ4v) is 1.90. The molecule has 0 heterocycles. The van der Waals surface area contributed by atoms with E-state index in [4.69, 9.17) is 5.73 Å². The lowest BCUT2D eigenvalue weighted by Gasteiger charge is -2.31. The molecule has 0 atom stereocenters. The lowest BCUT2D eigenvalue weighted by atomic mass is 9.82. The molecular weight excluding hydrogens is 279 g/mol. The van der Waals surface area contributed by atoms with Gasteiger partial charge in [0.2, 0.25) is 5.91 Å². The summed E-state index contributed by atoms with van der Waals surface area (Å²) in [5.41, 5.74) is 5.39. The Bertz CT molecular complexity index is 240. The van der Waals surface area contributed by atoms with Crippen LogP contribution < -0.4 is 11.1 Å². The number of nitrogens with one attached hydrogen (secondary N) is 1. The molecule has 0 aromatic carbocycles. The second-order valence-corrected chi connectivity index (χ2v) is 5.04. The van der Waals surface area contributed by atoms with Crippen LogP contribution in [0.2, 0.25) is 0 Å². The van der Waals surface area contributed by atoms with Crippen LogP contribution in [0.25, 0.3) is 0 Å². The van der Waals surface area contributed by atoms with Gasteiger partial charge in [-0.2, -0.15) is 0 Å². The zero-order chi connectivity index (χ0) is 10.6. The highest BCUT2D eigenvalue weighted by Gasteiger charge is 2.34. The van der Waals surface area contributed by atoms with Crippen molar-refractivity contribution in [2.45, 2.75) is 37.6 Å². The standard InChI is InChI=1S/C10H17BrN2O.ClH/c1-8(11)7-13-9(14)10(12)5-3-2-4-6-10;/h1-7,12H2,(H,13,14);1H. The molecule has 0 radical (unpaired) electrons. The van der Waals surface area contributed by atoms with E-state index in [9.17, 15) is 4.79 Å². The van der Waals surface area contributed by atoms with Gasteiger partial charge < -0.3 is 11.1 Å². The summed E-state index contributed by atoms with van der Waals surface area (Å²) < 4.78 is 0.769. The molecule has 0 aliphatic heterocycles. The molecule has 1 aliphatic carbocycles. The number of rotatable bonds is 3. The predicted octanol–water partition coefficient (Wildman–Crippen LogP) is 2.09. The summed E-state index contributed by atoms with van der Waals surface area (Å²) in [5.74, 6) is -0.0437. The number of hydrogen-bond donors (Lipinski definition) is 2. The van der Waals surface area contributed by atoms with Gasteiger partial charge in [-0.3, -0.25) is 4.79 Å². The first kappa shape index (κ1) is 14.9. The Morgan fingerprint density at radius 1 is 1.40 bits per heavy atom. The fourth-order valence-electron chi connectivity index (χ4n) is 1.76. The largest absolute Gasteiger partial charge is 0.350 e. The van der Waals surface area contributed by atoms with E-state index in [1.54, 1.807) is 0 Å². The summed E-state index contributed by atoms with van der Waals surface area (Å²) in [6, 6.07) is 0. The zero-order valence-electron chi connectivity index (χ0n) is 8.72. The van der Waals surface area contributed by atoms with E-state index in [2.05, 4.69) is 27.8 Å². The average Bonchev–Trinajstić information content (AvgIpc) is 2.15. The number of amides is 1. The maximum atomic E-state index is 11.7. The molecule has 0 bridgehead atoms. The van der Waals surface area contributed by atoms with Gasteiger partial charge in [0, 0.05) is 11.0 Å². The number of carbonyl (C=O) groups excluding carboxylic acids is 1. The first-order chi connectivity index (χ1) is 6.54. The van der Waals surface area contributed by atoms with E-state index in [-0.39, 0.29) is 18.3 Å². The molecular formula is C10H18BrClN2O. The predicted molar refractivity (Wildman–Crippen MR) is 68.3 cm³/mol. The molecule has 5 heteroatoms. The summed E-state index contributed by atoms with van der Waals surface area (Å²) in [6.45, 7) is 4.11. The summed E-state index contributed by atoms with van der Waals surface area (Å²) in [7, 11) is 0. The molecule has 0 saturated heterocycles. The van der Waals surface area contributed by atoms with Gasteiger partial charge in [0.05, 0.1) is 5.54 Å². The van der Waals surface area contributed by atoms with Crippen molar-refractivity contribution >= 4 is 34.2 Å². The van der Waals surface area contributed by atoms with E-state index in [0.29, 0.717) is 6.54 Å². The normalized spacial score (nSPS) is 18.8. The highest BCUT2D eigenvalue weighted by atomic mass is 79.9. The lowest BCUT2D eigenvalue weighted by Crippen LogP contribution is -2.55. The Morgan fingerprint density at radius 2 is 1.93 bits per heavy atom. The quantitative estimate of drug-likeness (QED) is 0.838. The molecule has 0 spiro atoms. The Kier molecular flexibility index (Phi) is 6.48. The van der Waals surface area contributed by atoms with Gasteiger partial charge in [-0.05, 0) is 12.8 Å². The van der Waals surface area contributed by atoms with Crippen molar-refractivity contribution < 1.29 is 4.79 Å². The van der Waals surface area contributed by atoms with Crippen molar-refractivity contribution in [3.8, 4) is 0 Å². The maximum absolute atomic E-state index is 11.7. The molecule has 1 rings (SSSR count). The van der Waals surface area contributed by atoms with Crippen LogP contribution >= 0.6 is 28.3 Å². The highest BCUT2D eigenvalue weighted by Crippen LogP contribution is 2.25.